The Bertz CT molecular complexity index is 489. The molecule has 0 atom stereocenters. The minimum absolute atomic E-state index is 0.774. The quantitative estimate of drug-likeness (QED) is 0.518. The Morgan fingerprint density at radius 3 is 2.29 bits per heavy atom. The van der Waals surface area contributed by atoms with Crippen molar-refractivity contribution in [2.24, 2.45) is 0 Å². The molecule has 1 aromatic rings. The van der Waals surface area contributed by atoms with Crippen LogP contribution >= 0.6 is 0 Å². The van der Waals surface area contributed by atoms with Gasteiger partial charge in [-0.25, -0.2) is 0 Å². The van der Waals surface area contributed by atoms with Gasteiger partial charge in [0.05, 0.1) is 6.61 Å². The predicted molar refractivity (Wildman–Crippen MR) is 93.7 cm³/mol. The minimum Gasteiger partial charge on any atom is -0.494 e. The normalized spacial score (nSPS) is 13.0. The Balaban J connectivity index is 3.03. The molecule has 0 aromatic heterocycles. The van der Waals surface area contributed by atoms with E-state index in [1.807, 2.05) is 6.92 Å². The summed E-state index contributed by atoms with van der Waals surface area (Å²) in [6, 6.07) is 8.43. The van der Waals surface area contributed by atoms with Gasteiger partial charge in [-0.15, -0.1) is 0 Å². The van der Waals surface area contributed by atoms with Crippen molar-refractivity contribution in [3.8, 4) is 5.75 Å². The third-order valence-electron chi connectivity index (χ3n) is 3.31. The lowest BCUT2D eigenvalue weighted by molar-refractivity contribution is 0.317. The third kappa shape index (κ3) is 5.63. The first-order valence-electron chi connectivity index (χ1n) is 7.98. The monoisotopic (exact) mass is 284 g/mol. The summed E-state index contributed by atoms with van der Waals surface area (Å²) in [7, 11) is 0. The highest BCUT2D eigenvalue weighted by Gasteiger charge is 2.06. The van der Waals surface area contributed by atoms with E-state index >= 15 is 0 Å². The van der Waals surface area contributed by atoms with Gasteiger partial charge in [-0.05, 0) is 55.5 Å². The Labute approximate surface area is 130 Å². The molecule has 0 heterocycles. The van der Waals surface area contributed by atoms with Crippen LogP contribution in [-0.4, -0.2) is 6.61 Å². The van der Waals surface area contributed by atoms with E-state index in [2.05, 4.69) is 69.3 Å². The molecule has 1 heteroatoms. The van der Waals surface area contributed by atoms with E-state index in [1.54, 1.807) is 0 Å². The van der Waals surface area contributed by atoms with Crippen LogP contribution in [0.5, 0.6) is 5.75 Å². The SMILES string of the molecule is C\C=C(CCC)/C(=C\C=C\C)c1ccc(OCCC)cc1. The Hall–Kier alpha value is -1.76. The van der Waals surface area contributed by atoms with E-state index in [-0.39, 0.29) is 0 Å². The summed E-state index contributed by atoms with van der Waals surface area (Å²) < 4.78 is 5.66. The lowest BCUT2D eigenvalue weighted by Gasteiger charge is -2.12. The first-order chi connectivity index (χ1) is 10.3. The van der Waals surface area contributed by atoms with Gasteiger partial charge < -0.3 is 4.74 Å². The molecule has 0 aliphatic rings. The van der Waals surface area contributed by atoms with Crippen LogP contribution in [0.3, 0.4) is 0 Å². The fourth-order valence-corrected chi connectivity index (χ4v) is 2.24. The van der Waals surface area contributed by atoms with Gasteiger partial charge in [0, 0.05) is 0 Å². The Morgan fingerprint density at radius 2 is 1.76 bits per heavy atom. The van der Waals surface area contributed by atoms with E-state index in [1.165, 1.54) is 16.7 Å². The Morgan fingerprint density at radius 1 is 1.05 bits per heavy atom. The maximum atomic E-state index is 5.66. The fourth-order valence-electron chi connectivity index (χ4n) is 2.24. The highest BCUT2D eigenvalue weighted by Crippen LogP contribution is 2.28. The number of benzene rings is 1. The molecule has 0 fully saturated rings. The topological polar surface area (TPSA) is 9.23 Å². The molecule has 0 N–H and O–H groups in total. The van der Waals surface area contributed by atoms with Crippen molar-refractivity contribution >= 4 is 5.57 Å². The first kappa shape index (κ1) is 17.3. The second-order valence-electron chi connectivity index (χ2n) is 5.04. The molecule has 114 valence electrons. The second kappa shape index (κ2) is 10.0. The third-order valence-corrected chi connectivity index (χ3v) is 3.31. The van der Waals surface area contributed by atoms with Crippen molar-refractivity contribution in [1.29, 1.82) is 0 Å². The number of allylic oxidation sites excluding steroid dienone is 6. The molecule has 0 saturated carbocycles. The smallest absolute Gasteiger partial charge is 0.119 e. The van der Waals surface area contributed by atoms with E-state index in [0.717, 1.165) is 31.6 Å². The summed E-state index contributed by atoms with van der Waals surface area (Å²) in [5, 5.41) is 0. The zero-order chi connectivity index (χ0) is 15.5. The van der Waals surface area contributed by atoms with Crippen LogP contribution in [0.1, 0.15) is 52.5 Å². The van der Waals surface area contributed by atoms with Gasteiger partial charge in [0.1, 0.15) is 5.75 Å². The molecule has 0 spiro atoms. The first-order valence-corrected chi connectivity index (χ1v) is 7.98. The molecule has 1 aromatic carbocycles. The van der Waals surface area contributed by atoms with Crippen molar-refractivity contribution in [1.82, 2.24) is 0 Å². The summed E-state index contributed by atoms with van der Waals surface area (Å²) >= 11 is 0. The Kier molecular flexibility index (Phi) is 8.27. The van der Waals surface area contributed by atoms with Crippen molar-refractivity contribution < 1.29 is 4.74 Å². The van der Waals surface area contributed by atoms with E-state index in [9.17, 15) is 0 Å². The van der Waals surface area contributed by atoms with Gasteiger partial charge in [-0.1, -0.05) is 56.7 Å². The van der Waals surface area contributed by atoms with E-state index in [0.29, 0.717) is 0 Å². The molecule has 0 bridgehead atoms. The van der Waals surface area contributed by atoms with Crippen LogP contribution in [0.2, 0.25) is 0 Å². The van der Waals surface area contributed by atoms with Crippen LogP contribution < -0.4 is 4.74 Å². The molecular weight excluding hydrogens is 256 g/mol. The maximum Gasteiger partial charge on any atom is 0.119 e. The molecule has 0 aliphatic heterocycles. The number of rotatable bonds is 8. The maximum absolute atomic E-state index is 5.66. The highest BCUT2D eigenvalue weighted by atomic mass is 16.5. The average molecular weight is 284 g/mol. The van der Waals surface area contributed by atoms with E-state index < -0.39 is 0 Å². The van der Waals surface area contributed by atoms with Crippen LogP contribution in [0.25, 0.3) is 5.57 Å². The summed E-state index contributed by atoms with van der Waals surface area (Å²) in [6.45, 7) is 9.28. The number of hydrogen-bond donors (Lipinski definition) is 0. The standard InChI is InChI=1S/C20H28O/c1-5-9-11-20(17(8-4)10-6-2)18-12-14-19(15-13-18)21-16-7-3/h5,8-9,11-15H,6-7,10,16H2,1-4H3/b9-5+,17-8-,20-11+. The zero-order valence-corrected chi connectivity index (χ0v) is 13.9. The van der Waals surface area contributed by atoms with Gasteiger partial charge in [0.25, 0.3) is 0 Å². The highest BCUT2D eigenvalue weighted by molar-refractivity contribution is 5.80. The van der Waals surface area contributed by atoms with E-state index in [4.69, 9.17) is 4.74 Å². The van der Waals surface area contributed by atoms with Gasteiger partial charge in [0.2, 0.25) is 0 Å². The van der Waals surface area contributed by atoms with Crippen molar-refractivity contribution in [2.75, 3.05) is 6.61 Å². The largest absolute Gasteiger partial charge is 0.494 e. The summed E-state index contributed by atoms with van der Waals surface area (Å²) in [5.74, 6) is 0.948. The molecule has 0 radical (unpaired) electrons. The van der Waals surface area contributed by atoms with Crippen molar-refractivity contribution in [2.45, 2.75) is 47.0 Å². The van der Waals surface area contributed by atoms with Crippen molar-refractivity contribution in [3.63, 3.8) is 0 Å². The molecule has 0 amide bonds. The zero-order valence-electron chi connectivity index (χ0n) is 13.9. The lowest BCUT2D eigenvalue weighted by Crippen LogP contribution is -1.95. The fraction of sp³-hybridized carbons (Fsp3) is 0.400. The predicted octanol–water partition coefficient (Wildman–Crippen LogP) is 6.18. The molecule has 21 heavy (non-hydrogen) atoms. The molecule has 0 aliphatic carbocycles. The lowest BCUT2D eigenvalue weighted by atomic mass is 9.94. The average Bonchev–Trinajstić information content (AvgIpc) is 2.53. The number of hydrogen-bond acceptors (Lipinski definition) is 1. The van der Waals surface area contributed by atoms with Gasteiger partial charge in [0.15, 0.2) is 0 Å². The minimum atomic E-state index is 0.774. The summed E-state index contributed by atoms with van der Waals surface area (Å²) in [6.07, 6.45) is 11.9. The van der Waals surface area contributed by atoms with Crippen molar-refractivity contribution in [3.05, 3.63) is 59.7 Å². The van der Waals surface area contributed by atoms with Gasteiger partial charge in [-0.3, -0.25) is 0 Å². The molecule has 1 rings (SSSR count). The van der Waals surface area contributed by atoms with Crippen LogP contribution in [0, 0.1) is 0 Å². The second-order valence-corrected chi connectivity index (χ2v) is 5.04. The van der Waals surface area contributed by atoms with Gasteiger partial charge >= 0.3 is 0 Å². The van der Waals surface area contributed by atoms with Crippen LogP contribution in [0.4, 0.5) is 0 Å². The van der Waals surface area contributed by atoms with Crippen LogP contribution in [0.15, 0.2) is 54.1 Å². The number of ether oxygens (including phenoxy) is 1. The molecule has 1 nitrogen and oxygen atoms in total. The summed E-state index contributed by atoms with van der Waals surface area (Å²) in [4.78, 5) is 0. The molecule has 0 saturated heterocycles. The summed E-state index contributed by atoms with van der Waals surface area (Å²) in [5.41, 5.74) is 3.95. The molecule has 0 unspecified atom stereocenters. The van der Waals surface area contributed by atoms with Crippen LogP contribution in [-0.2, 0) is 0 Å². The van der Waals surface area contributed by atoms with Gasteiger partial charge in [-0.2, -0.15) is 0 Å². The molecular formula is C20H28O.